The Bertz CT molecular complexity index is 803. The van der Waals surface area contributed by atoms with Gasteiger partial charge in [-0.2, -0.15) is 0 Å². The van der Waals surface area contributed by atoms with Crippen LogP contribution in [0.3, 0.4) is 0 Å². The van der Waals surface area contributed by atoms with Crippen molar-refractivity contribution in [2.45, 2.75) is 32.1 Å². The highest BCUT2D eigenvalue weighted by molar-refractivity contribution is 5.90. The van der Waals surface area contributed by atoms with Gasteiger partial charge in [0.05, 0.1) is 7.11 Å². The second-order valence-electron chi connectivity index (χ2n) is 8.01. The van der Waals surface area contributed by atoms with Crippen molar-refractivity contribution < 1.29 is 9.84 Å². The summed E-state index contributed by atoms with van der Waals surface area (Å²) >= 11 is 0. The molecule has 4 aliphatic rings. The van der Waals surface area contributed by atoms with Crippen molar-refractivity contribution in [3.8, 4) is 5.75 Å². The Morgan fingerprint density at radius 3 is 2.33 bits per heavy atom. The minimum Gasteiger partial charge on any atom is -0.507 e. The van der Waals surface area contributed by atoms with Crippen LogP contribution in [0.5, 0.6) is 5.75 Å². The molecule has 6 rings (SSSR count). The molecule has 2 aromatic carbocycles. The van der Waals surface area contributed by atoms with E-state index in [2.05, 4.69) is 18.2 Å². The average Bonchev–Trinajstić information content (AvgIpc) is 2.57. The number of fused-ring (bicyclic) bond motifs is 1. The fourth-order valence-corrected chi connectivity index (χ4v) is 5.87. The summed E-state index contributed by atoms with van der Waals surface area (Å²) in [7, 11) is 1.82. The van der Waals surface area contributed by atoms with E-state index in [1.807, 2.05) is 19.2 Å². The lowest BCUT2D eigenvalue weighted by molar-refractivity contribution is 0.0675. The quantitative estimate of drug-likeness (QED) is 0.755. The highest BCUT2D eigenvalue weighted by Crippen LogP contribution is 2.58. The fraction of sp³-hybridized carbons (Fsp3) is 0.455. The molecule has 0 radical (unpaired) electrons. The first-order valence-electron chi connectivity index (χ1n) is 9.23. The third kappa shape index (κ3) is 2.08. The predicted octanol–water partition coefficient (Wildman–Crippen LogP) is 5.36. The first-order chi connectivity index (χ1) is 11.7. The molecule has 0 amide bonds. The van der Waals surface area contributed by atoms with E-state index in [1.165, 1.54) is 32.1 Å². The molecule has 0 heterocycles. The van der Waals surface area contributed by atoms with E-state index < -0.39 is 0 Å². The molecule has 2 heteroatoms. The summed E-state index contributed by atoms with van der Waals surface area (Å²) in [5, 5.41) is 12.0. The van der Waals surface area contributed by atoms with Crippen molar-refractivity contribution in [3.63, 3.8) is 0 Å². The predicted molar refractivity (Wildman–Crippen MR) is 96.6 cm³/mol. The molecule has 2 nitrogen and oxygen atoms in total. The van der Waals surface area contributed by atoms with E-state index in [9.17, 15) is 5.11 Å². The molecular weight excluding hydrogens is 296 g/mol. The van der Waals surface area contributed by atoms with Crippen molar-refractivity contribution in [2.24, 2.45) is 23.7 Å². The third-order valence-electron chi connectivity index (χ3n) is 6.60. The number of hydrogen-bond donors (Lipinski definition) is 1. The van der Waals surface area contributed by atoms with Crippen LogP contribution in [0.2, 0.25) is 0 Å². The van der Waals surface area contributed by atoms with Gasteiger partial charge in [-0.25, -0.2) is 0 Å². The van der Waals surface area contributed by atoms with Gasteiger partial charge in [0, 0.05) is 10.9 Å². The van der Waals surface area contributed by atoms with Crippen molar-refractivity contribution in [1.29, 1.82) is 0 Å². The van der Waals surface area contributed by atoms with E-state index in [4.69, 9.17) is 4.74 Å². The van der Waals surface area contributed by atoms with Crippen LogP contribution in [0.1, 0.15) is 37.7 Å². The molecule has 24 heavy (non-hydrogen) atoms. The maximum absolute atomic E-state index is 10.0. The molecule has 0 aliphatic heterocycles. The lowest BCUT2D eigenvalue weighted by Gasteiger charge is -2.51. The molecule has 4 bridgehead atoms. The van der Waals surface area contributed by atoms with Gasteiger partial charge in [-0.15, -0.1) is 0 Å². The molecule has 4 aliphatic carbocycles. The molecule has 2 aromatic rings. The summed E-state index contributed by atoms with van der Waals surface area (Å²) in [5.41, 5.74) is 2.75. The van der Waals surface area contributed by atoms with Crippen LogP contribution in [0.25, 0.3) is 16.5 Å². The lowest BCUT2D eigenvalue weighted by Crippen LogP contribution is -2.40. The van der Waals surface area contributed by atoms with Crippen LogP contribution >= 0.6 is 0 Å². The number of methoxy groups -OCH3 is 1. The van der Waals surface area contributed by atoms with Gasteiger partial charge in [0.15, 0.2) is 0 Å². The minimum atomic E-state index is 0.347. The molecule has 4 fully saturated rings. The summed E-state index contributed by atoms with van der Waals surface area (Å²) in [6.07, 6.45) is 6.93. The summed E-state index contributed by atoms with van der Waals surface area (Å²) < 4.78 is 5.96. The first-order valence-corrected chi connectivity index (χ1v) is 9.23. The second kappa shape index (κ2) is 5.27. The highest BCUT2D eigenvalue weighted by Gasteiger charge is 2.46. The van der Waals surface area contributed by atoms with Gasteiger partial charge in [-0.05, 0) is 84.9 Å². The van der Waals surface area contributed by atoms with Gasteiger partial charge < -0.3 is 9.84 Å². The number of rotatable bonds is 2. The Morgan fingerprint density at radius 1 is 0.958 bits per heavy atom. The van der Waals surface area contributed by atoms with Crippen LogP contribution in [-0.4, -0.2) is 12.2 Å². The number of hydrogen-bond acceptors (Lipinski definition) is 2. The number of allylic oxidation sites excluding steroid dienone is 1. The fourth-order valence-electron chi connectivity index (χ4n) is 5.87. The van der Waals surface area contributed by atoms with E-state index in [-0.39, 0.29) is 0 Å². The molecule has 124 valence electrons. The Balaban J connectivity index is 1.63. The van der Waals surface area contributed by atoms with Gasteiger partial charge in [0.25, 0.3) is 0 Å². The van der Waals surface area contributed by atoms with Crippen LogP contribution in [0.15, 0.2) is 42.0 Å². The molecular formula is C22H24O2. The highest BCUT2D eigenvalue weighted by atomic mass is 16.5. The largest absolute Gasteiger partial charge is 0.507 e. The van der Waals surface area contributed by atoms with Gasteiger partial charge in [-0.1, -0.05) is 18.2 Å². The topological polar surface area (TPSA) is 29.5 Å². The van der Waals surface area contributed by atoms with E-state index in [1.54, 1.807) is 11.6 Å². The molecule has 0 aromatic heterocycles. The van der Waals surface area contributed by atoms with Crippen molar-refractivity contribution in [1.82, 2.24) is 0 Å². The molecule has 0 saturated heterocycles. The zero-order valence-corrected chi connectivity index (χ0v) is 14.2. The van der Waals surface area contributed by atoms with Gasteiger partial charge >= 0.3 is 0 Å². The Hall–Kier alpha value is -1.96. The van der Waals surface area contributed by atoms with Crippen LogP contribution in [0.4, 0.5) is 0 Å². The molecule has 0 atom stereocenters. The lowest BCUT2D eigenvalue weighted by atomic mass is 9.54. The average molecular weight is 320 g/mol. The summed E-state index contributed by atoms with van der Waals surface area (Å²) in [6.45, 7) is 0. The van der Waals surface area contributed by atoms with E-state index in [0.29, 0.717) is 5.75 Å². The minimum absolute atomic E-state index is 0.347. The summed E-state index contributed by atoms with van der Waals surface area (Å²) in [5.74, 6) is 4.84. The molecule has 0 unspecified atom stereocenters. The van der Waals surface area contributed by atoms with Crippen LogP contribution in [-0.2, 0) is 4.74 Å². The smallest absolute Gasteiger partial charge is 0.125 e. The summed E-state index contributed by atoms with van der Waals surface area (Å²) in [4.78, 5) is 0. The normalized spacial score (nSPS) is 30.8. The van der Waals surface area contributed by atoms with Crippen molar-refractivity contribution in [2.75, 3.05) is 7.11 Å². The van der Waals surface area contributed by atoms with Crippen LogP contribution in [0, 0.1) is 23.7 Å². The number of phenolic OH excluding ortho intramolecular Hbond substituents is 1. The maximum Gasteiger partial charge on any atom is 0.125 e. The third-order valence-corrected chi connectivity index (χ3v) is 6.60. The number of benzene rings is 2. The second-order valence-corrected chi connectivity index (χ2v) is 8.01. The van der Waals surface area contributed by atoms with Gasteiger partial charge in [-0.3, -0.25) is 0 Å². The standard InChI is InChI=1S/C22H24O2/c1-24-22(16-5-6-19-15(12-16)3-2-4-20(19)23)21-17-8-13-7-14(10-17)11-18(21)9-13/h2-6,12-14,17-18,23H,7-11H2,1H3. The first kappa shape index (κ1) is 14.4. The molecule has 1 N–H and O–H groups in total. The monoisotopic (exact) mass is 320 g/mol. The van der Waals surface area contributed by atoms with E-state index in [0.717, 1.165) is 45.8 Å². The SMILES string of the molecule is COC(=C1C2CC3CC(C2)CC1C3)c1ccc2c(O)cccc2c1. The number of phenols is 1. The number of ether oxygens (including phenoxy) is 1. The van der Waals surface area contributed by atoms with Gasteiger partial charge in [0.2, 0.25) is 0 Å². The maximum atomic E-state index is 10.0. The summed E-state index contributed by atoms with van der Waals surface area (Å²) in [6, 6.07) is 12.0. The van der Waals surface area contributed by atoms with Gasteiger partial charge in [0.1, 0.15) is 11.5 Å². The zero-order chi connectivity index (χ0) is 16.3. The molecule has 4 saturated carbocycles. The zero-order valence-electron chi connectivity index (χ0n) is 14.2. The van der Waals surface area contributed by atoms with Crippen LogP contribution < -0.4 is 0 Å². The molecule has 0 spiro atoms. The Kier molecular flexibility index (Phi) is 3.16. The van der Waals surface area contributed by atoms with Crippen molar-refractivity contribution >= 4 is 16.5 Å². The van der Waals surface area contributed by atoms with Crippen molar-refractivity contribution in [3.05, 3.63) is 47.5 Å². The Morgan fingerprint density at radius 2 is 1.67 bits per heavy atom. The van der Waals surface area contributed by atoms with E-state index >= 15 is 0 Å². The number of aromatic hydroxyl groups is 1. The Labute approximate surface area is 143 Å².